The van der Waals surface area contributed by atoms with Crippen LogP contribution in [0.15, 0.2) is 47.0 Å². The van der Waals surface area contributed by atoms with Gasteiger partial charge in [-0.05, 0) is 53.6 Å². The van der Waals surface area contributed by atoms with E-state index in [4.69, 9.17) is 0 Å². The second kappa shape index (κ2) is 7.04. The molecule has 30 heavy (non-hydrogen) atoms. The third kappa shape index (κ3) is 3.20. The summed E-state index contributed by atoms with van der Waals surface area (Å²) < 4.78 is 42.5. The van der Waals surface area contributed by atoms with E-state index in [2.05, 4.69) is 11.1 Å². The molecule has 0 saturated heterocycles. The van der Waals surface area contributed by atoms with E-state index in [1.807, 2.05) is 56.9 Å². The van der Waals surface area contributed by atoms with Crippen molar-refractivity contribution in [1.29, 1.82) is 0 Å². The van der Waals surface area contributed by atoms with Crippen LogP contribution in [-0.4, -0.2) is 44.6 Å². The largest absolute Gasteiger partial charge is 0.415 e. The third-order valence-electron chi connectivity index (χ3n) is 5.87. The summed E-state index contributed by atoms with van der Waals surface area (Å²) in [6.07, 6.45) is -1.11. The number of halogens is 3. The monoisotopic (exact) mass is 411 g/mol. The second-order valence-corrected chi connectivity index (χ2v) is 8.05. The van der Waals surface area contributed by atoms with Crippen molar-refractivity contribution in [2.24, 2.45) is 4.99 Å². The van der Waals surface area contributed by atoms with Gasteiger partial charge in [-0.3, -0.25) is 4.99 Å². The topological polar surface area (TPSA) is 18.8 Å². The van der Waals surface area contributed by atoms with Gasteiger partial charge in [0.1, 0.15) is 6.04 Å². The number of anilines is 1. The zero-order valence-corrected chi connectivity index (χ0v) is 17.7. The van der Waals surface area contributed by atoms with Crippen molar-refractivity contribution < 1.29 is 13.2 Å². The summed E-state index contributed by atoms with van der Waals surface area (Å²) in [6.45, 7) is 4.04. The summed E-state index contributed by atoms with van der Waals surface area (Å²) in [7, 11) is 5.75. The number of aryl methyl sites for hydroxylation is 1. The average molecular weight is 411 g/mol. The quantitative estimate of drug-likeness (QED) is 0.752. The SMILES string of the molecule is Cc1cc(N(C)C)cc(C2=C3C=c4ccccc4=C(C(F)(F)F)C3N=CN2C)c1C. The molecule has 1 aliphatic heterocycles. The Morgan fingerprint density at radius 2 is 1.77 bits per heavy atom. The Kier molecular flexibility index (Phi) is 4.76. The van der Waals surface area contributed by atoms with E-state index in [-0.39, 0.29) is 5.22 Å². The molecule has 2 aromatic carbocycles. The standard InChI is InChI=1S/C24H24F3N3/c1-14-10-17(29(3)4)12-19(15(14)2)23-20-11-16-8-6-7-9-18(16)21(24(25,26)27)22(20)28-13-30(23)5/h6-13,22H,1-5H3. The molecule has 1 atom stereocenters. The normalized spacial score (nSPS) is 18.2. The summed E-state index contributed by atoms with van der Waals surface area (Å²) in [5.41, 5.74) is 4.79. The van der Waals surface area contributed by atoms with Gasteiger partial charge in [0.05, 0.1) is 17.6 Å². The van der Waals surface area contributed by atoms with Crippen molar-refractivity contribution in [2.75, 3.05) is 26.0 Å². The van der Waals surface area contributed by atoms with E-state index >= 15 is 0 Å². The molecule has 0 spiro atoms. The van der Waals surface area contributed by atoms with Gasteiger partial charge in [0, 0.05) is 38.0 Å². The Morgan fingerprint density at radius 3 is 2.43 bits per heavy atom. The van der Waals surface area contributed by atoms with Crippen LogP contribution in [0.25, 0.3) is 17.3 Å². The predicted molar refractivity (Wildman–Crippen MR) is 117 cm³/mol. The average Bonchev–Trinajstić information content (AvgIpc) is 2.67. The molecule has 2 aliphatic rings. The smallest absolute Gasteiger partial charge is 0.378 e. The molecule has 2 aromatic rings. The van der Waals surface area contributed by atoms with Crippen molar-refractivity contribution >= 4 is 29.4 Å². The molecule has 4 rings (SSSR count). The third-order valence-corrected chi connectivity index (χ3v) is 5.87. The first kappa shape index (κ1) is 20.3. The van der Waals surface area contributed by atoms with E-state index in [1.54, 1.807) is 18.2 Å². The number of alkyl halides is 3. The lowest BCUT2D eigenvalue weighted by Gasteiger charge is -2.34. The molecule has 3 nitrogen and oxygen atoms in total. The molecule has 0 radical (unpaired) electrons. The van der Waals surface area contributed by atoms with Crippen molar-refractivity contribution in [1.82, 2.24) is 4.90 Å². The van der Waals surface area contributed by atoms with Crippen LogP contribution in [0.4, 0.5) is 18.9 Å². The van der Waals surface area contributed by atoms with Crippen LogP contribution in [-0.2, 0) is 0 Å². The maximum atomic E-state index is 14.2. The van der Waals surface area contributed by atoms with Gasteiger partial charge in [-0.1, -0.05) is 24.3 Å². The number of benzene rings is 2. The van der Waals surface area contributed by atoms with Gasteiger partial charge in [0.2, 0.25) is 0 Å². The Balaban J connectivity index is 2.09. The van der Waals surface area contributed by atoms with Crippen molar-refractivity contribution in [3.8, 4) is 0 Å². The van der Waals surface area contributed by atoms with Gasteiger partial charge in [0.25, 0.3) is 0 Å². The molecule has 1 heterocycles. The number of nitrogens with zero attached hydrogens (tertiary/aromatic N) is 3. The lowest BCUT2D eigenvalue weighted by Crippen LogP contribution is -2.43. The molecular formula is C24H24F3N3. The van der Waals surface area contributed by atoms with Crippen LogP contribution in [0, 0.1) is 13.8 Å². The van der Waals surface area contributed by atoms with Gasteiger partial charge in [-0.25, -0.2) is 0 Å². The molecule has 0 aromatic heterocycles. The van der Waals surface area contributed by atoms with E-state index in [0.29, 0.717) is 10.8 Å². The lowest BCUT2D eigenvalue weighted by molar-refractivity contribution is -0.0731. The lowest BCUT2D eigenvalue weighted by atomic mass is 9.85. The molecule has 0 saturated carbocycles. The highest BCUT2D eigenvalue weighted by Crippen LogP contribution is 2.41. The van der Waals surface area contributed by atoms with Crippen LogP contribution >= 0.6 is 0 Å². The van der Waals surface area contributed by atoms with E-state index < -0.39 is 17.8 Å². The number of rotatable bonds is 2. The van der Waals surface area contributed by atoms with Crippen LogP contribution in [0.3, 0.4) is 0 Å². The number of hydrogen-bond acceptors (Lipinski definition) is 3. The van der Waals surface area contributed by atoms with Gasteiger partial charge >= 0.3 is 6.18 Å². The molecule has 6 heteroatoms. The van der Waals surface area contributed by atoms with Crippen molar-refractivity contribution in [3.05, 3.63) is 69.1 Å². The summed E-state index contributed by atoms with van der Waals surface area (Å²) in [5.74, 6) is 0. The predicted octanol–water partition coefficient (Wildman–Crippen LogP) is 3.63. The number of fused-ring (bicyclic) bond motifs is 2. The highest BCUT2D eigenvalue weighted by atomic mass is 19.4. The van der Waals surface area contributed by atoms with Crippen LogP contribution in [0.2, 0.25) is 0 Å². The summed E-state index contributed by atoms with van der Waals surface area (Å²) in [5, 5.41) is 0.770. The fourth-order valence-corrected chi connectivity index (χ4v) is 4.20. The molecule has 1 aliphatic carbocycles. The number of hydrogen-bond donors (Lipinski definition) is 0. The zero-order chi connectivity index (χ0) is 21.8. The fraction of sp³-hybridized carbons (Fsp3) is 0.292. The number of aliphatic imine (C=N–C) groups is 1. The molecule has 0 fully saturated rings. The first-order valence-electron chi connectivity index (χ1n) is 9.77. The summed E-state index contributed by atoms with van der Waals surface area (Å²) in [6, 6.07) is 9.72. The Morgan fingerprint density at radius 1 is 1.07 bits per heavy atom. The van der Waals surface area contributed by atoms with Crippen molar-refractivity contribution in [2.45, 2.75) is 26.1 Å². The molecule has 1 unspecified atom stereocenters. The van der Waals surface area contributed by atoms with Crippen LogP contribution in [0.1, 0.15) is 16.7 Å². The second-order valence-electron chi connectivity index (χ2n) is 8.05. The van der Waals surface area contributed by atoms with Gasteiger partial charge in [-0.15, -0.1) is 0 Å². The Labute approximate surface area is 174 Å². The zero-order valence-electron chi connectivity index (χ0n) is 17.7. The highest BCUT2D eigenvalue weighted by Gasteiger charge is 2.43. The minimum absolute atomic E-state index is 0.203. The first-order chi connectivity index (χ1) is 14.1. The van der Waals surface area contributed by atoms with E-state index in [0.717, 1.165) is 28.1 Å². The Bertz CT molecular complexity index is 1200. The maximum Gasteiger partial charge on any atom is 0.415 e. The summed E-state index contributed by atoms with van der Waals surface area (Å²) >= 11 is 0. The highest BCUT2D eigenvalue weighted by molar-refractivity contribution is 5.92. The Hall–Kier alpha value is -3.02. The minimum atomic E-state index is -4.48. The van der Waals surface area contributed by atoms with Crippen molar-refractivity contribution in [3.63, 3.8) is 0 Å². The maximum absolute atomic E-state index is 14.2. The van der Waals surface area contributed by atoms with E-state index in [1.165, 1.54) is 12.4 Å². The van der Waals surface area contributed by atoms with E-state index in [9.17, 15) is 13.2 Å². The van der Waals surface area contributed by atoms with Crippen LogP contribution in [0.5, 0.6) is 0 Å². The molecule has 156 valence electrons. The minimum Gasteiger partial charge on any atom is -0.378 e. The van der Waals surface area contributed by atoms with Gasteiger partial charge in [-0.2, -0.15) is 13.2 Å². The van der Waals surface area contributed by atoms with Gasteiger partial charge in [0.15, 0.2) is 0 Å². The fourth-order valence-electron chi connectivity index (χ4n) is 4.20. The molecule has 0 N–H and O–H groups in total. The molecular weight excluding hydrogens is 387 g/mol. The van der Waals surface area contributed by atoms with Crippen LogP contribution < -0.4 is 15.3 Å². The van der Waals surface area contributed by atoms with Gasteiger partial charge < -0.3 is 9.80 Å². The summed E-state index contributed by atoms with van der Waals surface area (Å²) in [4.78, 5) is 8.14. The molecule has 0 amide bonds. The first-order valence-corrected chi connectivity index (χ1v) is 9.77. The molecule has 0 bridgehead atoms.